The third-order valence-electron chi connectivity index (χ3n) is 4.00. The fourth-order valence-electron chi connectivity index (χ4n) is 2.61. The first-order chi connectivity index (χ1) is 10.6. The van der Waals surface area contributed by atoms with Crippen molar-refractivity contribution in [3.05, 3.63) is 29.8 Å². The largest absolute Gasteiger partial charge is 0.494 e. The minimum absolute atomic E-state index is 0.0775. The summed E-state index contributed by atoms with van der Waals surface area (Å²) in [5, 5.41) is 0. The second-order valence-electron chi connectivity index (χ2n) is 5.52. The van der Waals surface area contributed by atoms with Crippen LogP contribution in [0.25, 0.3) is 0 Å². The first-order valence-corrected chi connectivity index (χ1v) is 7.70. The number of hydrogen-bond acceptors (Lipinski definition) is 4. The standard InChI is InChI=1S/C17H23NO4/c1-4-5-10-22-14-8-6-13(7-9-14)11-15-16(19)12(2)18(15)17(20)21-3/h6-9,12,15H,4-5,10-11H2,1-3H3. The van der Waals surface area contributed by atoms with Crippen LogP contribution in [-0.4, -0.2) is 42.6 Å². The van der Waals surface area contributed by atoms with Crippen LogP contribution in [0.3, 0.4) is 0 Å². The van der Waals surface area contributed by atoms with E-state index in [-0.39, 0.29) is 5.78 Å². The molecule has 0 N–H and O–H groups in total. The van der Waals surface area contributed by atoms with E-state index in [1.54, 1.807) is 6.92 Å². The third kappa shape index (κ3) is 3.40. The van der Waals surface area contributed by atoms with E-state index in [9.17, 15) is 9.59 Å². The van der Waals surface area contributed by atoms with Crippen LogP contribution in [0, 0.1) is 0 Å². The fraction of sp³-hybridized carbons (Fsp3) is 0.529. The van der Waals surface area contributed by atoms with Crippen LogP contribution in [-0.2, 0) is 16.0 Å². The molecule has 1 fully saturated rings. The number of Topliss-reactive ketones (excluding diaryl/α,β-unsaturated/α-hetero) is 1. The second-order valence-corrected chi connectivity index (χ2v) is 5.52. The highest BCUT2D eigenvalue weighted by molar-refractivity contribution is 6.00. The molecule has 1 aliphatic heterocycles. The number of benzene rings is 1. The van der Waals surface area contributed by atoms with Crippen molar-refractivity contribution in [2.24, 2.45) is 0 Å². The van der Waals surface area contributed by atoms with Gasteiger partial charge in [-0.1, -0.05) is 25.5 Å². The number of likely N-dealkylation sites (tertiary alicyclic amines) is 1. The van der Waals surface area contributed by atoms with Crippen LogP contribution < -0.4 is 4.74 Å². The maximum absolute atomic E-state index is 12.0. The van der Waals surface area contributed by atoms with Crippen LogP contribution in [0.2, 0.25) is 0 Å². The molecular formula is C17H23NO4. The van der Waals surface area contributed by atoms with Crippen molar-refractivity contribution in [1.29, 1.82) is 0 Å². The lowest BCUT2D eigenvalue weighted by Gasteiger charge is -2.44. The molecule has 1 aromatic carbocycles. The van der Waals surface area contributed by atoms with Crippen molar-refractivity contribution in [3.63, 3.8) is 0 Å². The zero-order valence-electron chi connectivity index (χ0n) is 13.4. The summed E-state index contributed by atoms with van der Waals surface area (Å²) in [6, 6.07) is 6.86. The lowest BCUT2D eigenvalue weighted by Crippen LogP contribution is -2.66. The number of nitrogens with zero attached hydrogens (tertiary/aromatic N) is 1. The fourth-order valence-corrected chi connectivity index (χ4v) is 2.61. The number of carbonyl (C=O) groups is 2. The van der Waals surface area contributed by atoms with E-state index in [4.69, 9.17) is 9.47 Å². The molecule has 0 radical (unpaired) electrons. The highest BCUT2D eigenvalue weighted by Crippen LogP contribution is 2.26. The molecule has 0 bridgehead atoms. The Morgan fingerprint density at radius 2 is 1.95 bits per heavy atom. The van der Waals surface area contributed by atoms with E-state index >= 15 is 0 Å². The summed E-state index contributed by atoms with van der Waals surface area (Å²) >= 11 is 0. The predicted octanol–water partition coefficient (Wildman–Crippen LogP) is 2.82. The number of methoxy groups -OCH3 is 1. The second kappa shape index (κ2) is 7.29. The molecule has 0 saturated carbocycles. The molecule has 2 unspecified atom stereocenters. The molecular weight excluding hydrogens is 282 g/mol. The van der Waals surface area contributed by atoms with E-state index in [1.165, 1.54) is 12.0 Å². The molecule has 0 aromatic heterocycles. The number of ketones is 1. The lowest BCUT2D eigenvalue weighted by atomic mass is 9.88. The van der Waals surface area contributed by atoms with E-state index in [2.05, 4.69) is 6.92 Å². The summed E-state index contributed by atoms with van der Waals surface area (Å²) in [6.07, 6.45) is 2.19. The Hall–Kier alpha value is -2.04. The van der Waals surface area contributed by atoms with E-state index in [1.807, 2.05) is 24.3 Å². The molecule has 5 nitrogen and oxygen atoms in total. The highest BCUT2D eigenvalue weighted by atomic mass is 16.5. The van der Waals surface area contributed by atoms with Gasteiger partial charge in [0.05, 0.1) is 19.8 Å². The number of amides is 1. The van der Waals surface area contributed by atoms with Gasteiger partial charge in [-0.2, -0.15) is 0 Å². The summed E-state index contributed by atoms with van der Waals surface area (Å²) < 4.78 is 10.3. The Morgan fingerprint density at radius 3 is 2.55 bits per heavy atom. The minimum atomic E-state index is -0.448. The maximum atomic E-state index is 12.0. The van der Waals surface area contributed by atoms with Crippen LogP contribution in [0.5, 0.6) is 5.75 Å². The molecule has 1 saturated heterocycles. The van der Waals surface area contributed by atoms with Gasteiger partial charge in [-0.25, -0.2) is 4.79 Å². The van der Waals surface area contributed by atoms with Crippen LogP contribution >= 0.6 is 0 Å². The van der Waals surface area contributed by atoms with E-state index < -0.39 is 18.2 Å². The molecule has 1 amide bonds. The van der Waals surface area contributed by atoms with Gasteiger partial charge in [0.1, 0.15) is 11.8 Å². The molecule has 0 aliphatic carbocycles. The quantitative estimate of drug-likeness (QED) is 0.758. The average molecular weight is 305 g/mol. The van der Waals surface area contributed by atoms with E-state index in [0.29, 0.717) is 13.0 Å². The number of ether oxygens (including phenoxy) is 2. The monoisotopic (exact) mass is 305 g/mol. The van der Waals surface area contributed by atoms with Crippen molar-refractivity contribution in [1.82, 2.24) is 4.90 Å². The Kier molecular flexibility index (Phi) is 5.41. The van der Waals surface area contributed by atoms with Gasteiger partial charge in [0.2, 0.25) is 0 Å². The summed E-state index contributed by atoms with van der Waals surface area (Å²) in [7, 11) is 1.33. The zero-order valence-corrected chi connectivity index (χ0v) is 13.4. The molecule has 1 heterocycles. The van der Waals surface area contributed by atoms with Gasteiger partial charge in [-0.05, 0) is 31.0 Å². The Morgan fingerprint density at radius 1 is 1.27 bits per heavy atom. The van der Waals surface area contributed by atoms with Crippen molar-refractivity contribution in [2.45, 2.75) is 45.2 Å². The average Bonchev–Trinajstić information content (AvgIpc) is 2.55. The third-order valence-corrected chi connectivity index (χ3v) is 4.00. The van der Waals surface area contributed by atoms with Gasteiger partial charge >= 0.3 is 6.09 Å². The SMILES string of the molecule is CCCCOc1ccc(CC2C(=O)C(C)N2C(=O)OC)cc1. The Bertz CT molecular complexity index is 526. The topological polar surface area (TPSA) is 55.8 Å². The number of unbranched alkanes of at least 4 members (excludes halogenated alkanes) is 1. The van der Waals surface area contributed by atoms with Gasteiger partial charge < -0.3 is 9.47 Å². The Labute approximate surface area is 131 Å². The van der Waals surface area contributed by atoms with Crippen molar-refractivity contribution in [2.75, 3.05) is 13.7 Å². The van der Waals surface area contributed by atoms with Crippen molar-refractivity contribution >= 4 is 11.9 Å². The van der Waals surface area contributed by atoms with Gasteiger partial charge in [0.25, 0.3) is 0 Å². The van der Waals surface area contributed by atoms with Gasteiger partial charge in [0, 0.05) is 6.42 Å². The highest BCUT2D eigenvalue weighted by Gasteiger charge is 2.47. The summed E-state index contributed by atoms with van der Waals surface area (Å²) in [5.41, 5.74) is 1.00. The molecule has 2 rings (SSSR count). The smallest absolute Gasteiger partial charge is 0.410 e. The number of hydrogen-bond donors (Lipinski definition) is 0. The summed E-state index contributed by atoms with van der Waals surface area (Å²) in [4.78, 5) is 25.1. The molecule has 120 valence electrons. The Balaban J connectivity index is 1.95. The van der Waals surface area contributed by atoms with E-state index in [0.717, 1.165) is 24.2 Å². The molecule has 1 aromatic rings. The number of rotatable bonds is 6. The first kappa shape index (κ1) is 16.3. The molecule has 5 heteroatoms. The van der Waals surface area contributed by atoms with Crippen molar-refractivity contribution < 1.29 is 19.1 Å². The first-order valence-electron chi connectivity index (χ1n) is 7.70. The van der Waals surface area contributed by atoms with Gasteiger partial charge in [0.15, 0.2) is 5.78 Å². The molecule has 2 atom stereocenters. The van der Waals surface area contributed by atoms with Crippen LogP contribution in [0.1, 0.15) is 32.3 Å². The van der Waals surface area contributed by atoms with Crippen LogP contribution in [0.4, 0.5) is 4.79 Å². The molecule has 22 heavy (non-hydrogen) atoms. The maximum Gasteiger partial charge on any atom is 0.410 e. The summed E-state index contributed by atoms with van der Waals surface area (Å²) in [6.45, 7) is 4.56. The van der Waals surface area contributed by atoms with Crippen molar-refractivity contribution in [3.8, 4) is 5.75 Å². The van der Waals surface area contributed by atoms with Gasteiger partial charge in [-0.3, -0.25) is 9.69 Å². The normalized spacial score (nSPS) is 20.5. The predicted molar refractivity (Wildman–Crippen MR) is 83.1 cm³/mol. The molecule has 0 spiro atoms. The molecule has 1 aliphatic rings. The van der Waals surface area contributed by atoms with Crippen LogP contribution in [0.15, 0.2) is 24.3 Å². The number of carbonyl (C=O) groups excluding carboxylic acids is 2. The summed E-state index contributed by atoms with van der Waals surface area (Å²) in [5.74, 6) is 0.906. The minimum Gasteiger partial charge on any atom is -0.494 e. The van der Waals surface area contributed by atoms with Gasteiger partial charge in [-0.15, -0.1) is 0 Å². The zero-order chi connectivity index (χ0) is 16.1. The lowest BCUT2D eigenvalue weighted by molar-refractivity contribution is -0.140.